The molecule has 8 rings (SSSR count). The molecule has 4 aromatic heterocycles. The van der Waals surface area contributed by atoms with Crippen molar-refractivity contribution in [2.75, 3.05) is 0 Å². The van der Waals surface area contributed by atoms with Gasteiger partial charge in [-0.25, -0.2) is 9.97 Å². The summed E-state index contributed by atoms with van der Waals surface area (Å²) in [4.78, 5) is 11.5. The van der Waals surface area contributed by atoms with E-state index >= 15 is 0 Å². The van der Waals surface area contributed by atoms with Crippen molar-refractivity contribution < 1.29 is 0 Å². The maximum absolute atomic E-state index is 5.15. The van der Waals surface area contributed by atoms with Gasteiger partial charge in [0.2, 0.25) is 5.95 Å². The van der Waals surface area contributed by atoms with Crippen LogP contribution in [-0.2, 0) is 0 Å². The highest BCUT2D eigenvalue weighted by Crippen LogP contribution is 2.48. The number of fused-ring (bicyclic) bond motifs is 7. The van der Waals surface area contributed by atoms with E-state index in [2.05, 4.69) is 108 Å². The van der Waals surface area contributed by atoms with Gasteiger partial charge in [0.1, 0.15) is 4.83 Å². The van der Waals surface area contributed by atoms with Crippen molar-refractivity contribution >= 4 is 63.3 Å². The Hall–Kier alpha value is -4.32. The van der Waals surface area contributed by atoms with Gasteiger partial charge in [-0.15, -0.1) is 22.7 Å². The van der Waals surface area contributed by atoms with Crippen LogP contribution in [0.15, 0.2) is 115 Å². The summed E-state index contributed by atoms with van der Waals surface area (Å²) in [5.41, 5.74) is 5.12. The molecule has 0 N–H and O–H groups in total. The summed E-state index contributed by atoms with van der Waals surface area (Å²) in [5, 5.41) is 3.86. The van der Waals surface area contributed by atoms with E-state index in [1.165, 1.54) is 35.1 Å². The molecule has 4 aromatic carbocycles. The van der Waals surface area contributed by atoms with Crippen molar-refractivity contribution in [1.82, 2.24) is 14.5 Å². The van der Waals surface area contributed by atoms with Crippen molar-refractivity contribution in [2.45, 2.75) is 0 Å². The molecule has 3 nitrogen and oxygen atoms in total. The van der Waals surface area contributed by atoms with Gasteiger partial charge in [-0.3, -0.25) is 4.57 Å². The highest BCUT2D eigenvalue weighted by atomic mass is 32.1. The second kappa shape index (κ2) is 8.10. The predicted molar refractivity (Wildman–Crippen MR) is 158 cm³/mol. The van der Waals surface area contributed by atoms with Crippen LogP contribution in [0.5, 0.6) is 0 Å². The zero-order chi connectivity index (χ0) is 24.3. The van der Waals surface area contributed by atoms with Gasteiger partial charge in [-0.1, -0.05) is 97.1 Å². The zero-order valence-corrected chi connectivity index (χ0v) is 21.3. The van der Waals surface area contributed by atoms with Crippen LogP contribution in [0.1, 0.15) is 0 Å². The second-order valence-corrected chi connectivity index (χ2v) is 11.1. The van der Waals surface area contributed by atoms with Gasteiger partial charge in [0.05, 0.1) is 26.3 Å². The molecular formula is C32H19N3S2. The molecule has 5 heteroatoms. The summed E-state index contributed by atoms with van der Waals surface area (Å²) in [7, 11) is 0. The maximum Gasteiger partial charge on any atom is 0.236 e. The topological polar surface area (TPSA) is 30.7 Å². The minimum Gasteiger partial charge on any atom is -0.269 e. The Bertz CT molecular complexity index is 2030. The van der Waals surface area contributed by atoms with Crippen molar-refractivity contribution in [2.24, 2.45) is 0 Å². The van der Waals surface area contributed by atoms with Gasteiger partial charge < -0.3 is 0 Å². The first kappa shape index (κ1) is 20.8. The fraction of sp³-hybridized carbons (Fsp3) is 0. The predicted octanol–water partition coefficient (Wildman–Crippen LogP) is 9.34. The van der Waals surface area contributed by atoms with Gasteiger partial charge in [0.25, 0.3) is 0 Å². The number of aromatic nitrogens is 3. The van der Waals surface area contributed by atoms with E-state index in [0.29, 0.717) is 5.95 Å². The smallest absolute Gasteiger partial charge is 0.236 e. The molecule has 4 heterocycles. The number of para-hydroxylation sites is 1. The first-order chi connectivity index (χ1) is 18.3. The second-order valence-electron chi connectivity index (χ2n) is 9.06. The van der Waals surface area contributed by atoms with Crippen molar-refractivity contribution in [3.8, 4) is 28.5 Å². The van der Waals surface area contributed by atoms with Gasteiger partial charge in [0, 0.05) is 32.0 Å². The van der Waals surface area contributed by atoms with Crippen molar-refractivity contribution in [1.29, 1.82) is 0 Å². The fourth-order valence-corrected chi connectivity index (χ4v) is 7.96. The van der Waals surface area contributed by atoms with E-state index in [0.717, 1.165) is 28.0 Å². The number of thiophene rings is 2. The molecule has 0 radical (unpaired) electrons. The van der Waals surface area contributed by atoms with Crippen LogP contribution < -0.4 is 0 Å². The molecule has 0 unspecified atom stereocenters. The highest BCUT2D eigenvalue weighted by Gasteiger charge is 2.22. The zero-order valence-electron chi connectivity index (χ0n) is 19.6. The van der Waals surface area contributed by atoms with E-state index in [-0.39, 0.29) is 0 Å². The van der Waals surface area contributed by atoms with Crippen molar-refractivity contribution in [3.63, 3.8) is 0 Å². The standard InChI is InChI=1S/C32H19N3S2/c1-3-11-20(12-4-1)24-19-25(21-13-5-2-6-14-21)34-32(33-24)35-26-17-9-7-15-22(26)28-30-29(37-31(28)35)23-16-8-10-18-27(23)36-30/h1-19H. The molecule has 174 valence electrons. The third-order valence-corrected chi connectivity index (χ3v) is 9.39. The average Bonchev–Trinajstić information content (AvgIpc) is 3.61. The molecule has 0 atom stereocenters. The Kier molecular flexibility index (Phi) is 4.56. The lowest BCUT2D eigenvalue weighted by Gasteiger charge is -2.11. The molecule has 0 saturated heterocycles. The van der Waals surface area contributed by atoms with Crippen LogP contribution in [0.25, 0.3) is 69.1 Å². The molecule has 0 saturated carbocycles. The number of benzene rings is 4. The highest BCUT2D eigenvalue weighted by molar-refractivity contribution is 7.36. The molecular weight excluding hydrogens is 491 g/mol. The van der Waals surface area contributed by atoms with Gasteiger partial charge in [-0.05, 0) is 18.2 Å². The maximum atomic E-state index is 5.15. The molecule has 0 bridgehead atoms. The average molecular weight is 510 g/mol. The fourth-order valence-electron chi connectivity index (χ4n) is 5.16. The van der Waals surface area contributed by atoms with E-state index in [1.807, 2.05) is 34.8 Å². The Morgan fingerprint density at radius 1 is 0.541 bits per heavy atom. The quantitative estimate of drug-likeness (QED) is 0.237. The van der Waals surface area contributed by atoms with Crippen molar-refractivity contribution in [3.05, 3.63) is 115 Å². The lowest BCUT2D eigenvalue weighted by atomic mass is 10.1. The molecule has 0 aliphatic heterocycles. The van der Waals surface area contributed by atoms with Crippen LogP contribution in [0, 0.1) is 0 Å². The third-order valence-electron chi connectivity index (χ3n) is 6.86. The summed E-state index contributed by atoms with van der Waals surface area (Å²) in [6, 6.07) is 40.2. The first-order valence-corrected chi connectivity index (χ1v) is 13.8. The monoisotopic (exact) mass is 509 g/mol. The Morgan fingerprint density at radius 2 is 1.14 bits per heavy atom. The Labute approximate surface area is 220 Å². The van der Waals surface area contributed by atoms with Crippen LogP contribution in [0.2, 0.25) is 0 Å². The molecule has 37 heavy (non-hydrogen) atoms. The van der Waals surface area contributed by atoms with Crippen LogP contribution in [0.3, 0.4) is 0 Å². The van der Waals surface area contributed by atoms with E-state index < -0.39 is 0 Å². The van der Waals surface area contributed by atoms with Gasteiger partial charge >= 0.3 is 0 Å². The van der Waals surface area contributed by atoms with Crippen LogP contribution in [-0.4, -0.2) is 14.5 Å². The van der Waals surface area contributed by atoms with Gasteiger partial charge in [-0.2, -0.15) is 0 Å². The van der Waals surface area contributed by atoms with E-state index in [4.69, 9.17) is 9.97 Å². The Morgan fingerprint density at radius 3 is 1.84 bits per heavy atom. The van der Waals surface area contributed by atoms with E-state index in [1.54, 1.807) is 0 Å². The summed E-state index contributed by atoms with van der Waals surface area (Å²) in [6.45, 7) is 0. The summed E-state index contributed by atoms with van der Waals surface area (Å²) in [5.74, 6) is 0.699. The minimum atomic E-state index is 0.699. The number of rotatable bonds is 3. The number of nitrogens with zero attached hydrogens (tertiary/aromatic N) is 3. The lowest BCUT2D eigenvalue weighted by Crippen LogP contribution is -2.03. The number of hydrogen-bond donors (Lipinski definition) is 0. The largest absolute Gasteiger partial charge is 0.269 e. The summed E-state index contributed by atoms with van der Waals surface area (Å²) >= 11 is 3.72. The molecule has 0 spiro atoms. The number of hydrogen-bond acceptors (Lipinski definition) is 4. The molecule has 8 aromatic rings. The summed E-state index contributed by atoms with van der Waals surface area (Å²) in [6.07, 6.45) is 0. The molecule has 0 fully saturated rings. The van der Waals surface area contributed by atoms with Gasteiger partial charge in [0.15, 0.2) is 0 Å². The Balaban J connectivity index is 1.49. The van der Waals surface area contributed by atoms with E-state index in [9.17, 15) is 0 Å². The molecule has 0 aliphatic rings. The molecule has 0 aliphatic carbocycles. The van der Waals surface area contributed by atoms with Crippen LogP contribution >= 0.6 is 22.7 Å². The molecule has 0 amide bonds. The normalized spacial score (nSPS) is 11.8. The lowest BCUT2D eigenvalue weighted by molar-refractivity contribution is 1.00. The summed E-state index contributed by atoms with van der Waals surface area (Å²) < 4.78 is 6.28. The minimum absolute atomic E-state index is 0.699. The SMILES string of the molecule is c1ccc(-c2cc(-c3ccccc3)nc(-n3c4ccccc4c4c5sc6ccccc6c5sc43)n2)cc1. The van der Waals surface area contributed by atoms with Crippen LogP contribution in [0.4, 0.5) is 0 Å². The first-order valence-electron chi connectivity index (χ1n) is 12.2. The third kappa shape index (κ3) is 3.18.